The van der Waals surface area contributed by atoms with E-state index >= 15 is 0 Å². The smallest absolute Gasteiger partial charge is 0.222 e. The number of nitrogens with one attached hydrogen (secondary N) is 1. The van der Waals surface area contributed by atoms with Gasteiger partial charge in [-0.15, -0.1) is 0 Å². The molecule has 4 heterocycles. The van der Waals surface area contributed by atoms with E-state index in [-0.39, 0.29) is 17.7 Å². The van der Waals surface area contributed by atoms with Crippen molar-refractivity contribution in [1.29, 1.82) is 0 Å². The first kappa shape index (κ1) is 45.2. The lowest BCUT2D eigenvalue weighted by Crippen LogP contribution is -2.48. The first-order valence-corrected chi connectivity index (χ1v) is 21.1. The van der Waals surface area contributed by atoms with Gasteiger partial charge >= 0.3 is 0 Å². The molecule has 1 aromatic carbocycles. The molecule has 0 saturated carbocycles. The number of rotatable bonds is 21. The van der Waals surface area contributed by atoms with Gasteiger partial charge in [-0.1, -0.05) is 32.6 Å². The topological polar surface area (TPSA) is 159 Å². The van der Waals surface area contributed by atoms with E-state index in [1.807, 2.05) is 28.6 Å². The van der Waals surface area contributed by atoms with Gasteiger partial charge in [0.25, 0.3) is 0 Å². The van der Waals surface area contributed by atoms with Crippen molar-refractivity contribution in [2.45, 2.75) is 104 Å². The number of likely N-dealkylation sites (tertiary alicyclic amines) is 1. The Morgan fingerprint density at radius 2 is 1.74 bits per heavy atom. The number of hydrogen-bond acceptors (Lipinski definition) is 10. The number of aromatic nitrogens is 3. The second-order valence-electron chi connectivity index (χ2n) is 15.5. The Hall–Kier alpha value is -4.49. The third-order valence-electron chi connectivity index (χ3n) is 11.2. The largest absolute Gasteiger partial charge is 0.493 e. The van der Waals surface area contributed by atoms with Crippen LogP contribution < -0.4 is 20.7 Å². The number of aliphatic hydroxyl groups is 1. The van der Waals surface area contributed by atoms with E-state index in [1.54, 1.807) is 7.11 Å². The third kappa shape index (κ3) is 13.8. The van der Waals surface area contributed by atoms with E-state index in [1.165, 1.54) is 19.3 Å². The minimum absolute atomic E-state index is 0.0380. The number of carbonyl (C=O) groups excluding carboxylic acids is 3. The van der Waals surface area contributed by atoms with Gasteiger partial charge in [-0.2, -0.15) is 5.10 Å². The maximum atomic E-state index is 13.1. The molecule has 2 aromatic heterocycles. The van der Waals surface area contributed by atoms with Crippen LogP contribution in [0.2, 0.25) is 0 Å². The highest BCUT2D eigenvalue weighted by Crippen LogP contribution is 2.32. The number of amides is 2. The minimum Gasteiger partial charge on any atom is -0.493 e. The number of ether oxygens (including phenoxy) is 1. The van der Waals surface area contributed by atoms with Crippen molar-refractivity contribution in [2.24, 2.45) is 5.92 Å². The van der Waals surface area contributed by atoms with Crippen molar-refractivity contribution in [2.75, 3.05) is 77.2 Å². The van der Waals surface area contributed by atoms with Crippen LogP contribution in [0.4, 0.5) is 11.5 Å². The summed E-state index contributed by atoms with van der Waals surface area (Å²) in [5, 5.41) is 14.8. The molecule has 2 saturated heterocycles. The summed E-state index contributed by atoms with van der Waals surface area (Å²) in [7, 11) is 2.60. The fraction of sp³-hybridized carbons (Fsp3) is 0.614. The average Bonchev–Trinajstić information content (AvgIpc) is 3.83. The van der Waals surface area contributed by atoms with Crippen molar-refractivity contribution in [3.05, 3.63) is 59.0 Å². The summed E-state index contributed by atoms with van der Waals surface area (Å²) in [6.45, 7) is 12.5. The zero-order valence-corrected chi connectivity index (χ0v) is 35.2. The highest BCUT2D eigenvalue weighted by Gasteiger charge is 2.27. The molecule has 0 aliphatic carbocycles. The number of aliphatic hydroxyl groups excluding tert-OH is 1. The highest BCUT2D eigenvalue weighted by atomic mass is 16.5. The van der Waals surface area contributed by atoms with E-state index in [0.717, 1.165) is 106 Å². The van der Waals surface area contributed by atoms with Crippen LogP contribution in [0.3, 0.4) is 0 Å². The SMILES string of the molecule is CCCCCCCNC(=O)CCCC(=O)N1CCN(c2cc(C(CC=O)CN3CCC(CCc4ccc(OC)c(N)n4)C3)cc(-n3nc(C)cc3C)c2)CC1.CO. The van der Waals surface area contributed by atoms with E-state index < -0.39 is 0 Å². The summed E-state index contributed by atoms with van der Waals surface area (Å²) in [6.07, 6.45) is 11.7. The quantitative estimate of drug-likeness (QED) is 0.0915. The third-order valence-corrected chi connectivity index (χ3v) is 11.2. The fourth-order valence-corrected chi connectivity index (χ4v) is 8.09. The van der Waals surface area contributed by atoms with Crippen molar-refractivity contribution < 1.29 is 24.2 Å². The molecule has 2 fully saturated rings. The Bertz CT molecular complexity index is 1710. The van der Waals surface area contributed by atoms with E-state index in [2.05, 4.69) is 58.2 Å². The zero-order chi connectivity index (χ0) is 41.2. The van der Waals surface area contributed by atoms with Gasteiger partial charge in [0.2, 0.25) is 11.8 Å². The molecular formula is C44H68N8O5. The molecule has 314 valence electrons. The number of unbranched alkanes of at least 4 members (excludes halogenated alkanes) is 4. The molecule has 2 aliphatic heterocycles. The molecular weight excluding hydrogens is 721 g/mol. The molecule has 3 aromatic rings. The van der Waals surface area contributed by atoms with Crippen molar-refractivity contribution in [3.8, 4) is 11.4 Å². The number of hydrogen-bond donors (Lipinski definition) is 3. The maximum Gasteiger partial charge on any atom is 0.222 e. The molecule has 4 N–H and O–H groups in total. The molecule has 2 aliphatic rings. The predicted octanol–water partition coefficient (Wildman–Crippen LogP) is 5.62. The fourth-order valence-electron chi connectivity index (χ4n) is 8.09. The van der Waals surface area contributed by atoms with E-state index in [0.29, 0.717) is 69.3 Å². The van der Waals surface area contributed by atoms with Crippen LogP contribution in [-0.2, 0) is 20.8 Å². The van der Waals surface area contributed by atoms with Gasteiger partial charge in [0.05, 0.1) is 18.5 Å². The van der Waals surface area contributed by atoms with Crippen LogP contribution >= 0.6 is 0 Å². The number of aldehydes is 1. The number of nitrogens with zero attached hydrogens (tertiary/aromatic N) is 6. The molecule has 13 nitrogen and oxygen atoms in total. The van der Waals surface area contributed by atoms with E-state index in [9.17, 15) is 14.4 Å². The predicted molar refractivity (Wildman–Crippen MR) is 227 cm³/mol. The first-order valence-electron chi connectivity index (χ1n) is 21.1. The number of carbonyl (C=O) groups is 3. The van der Waals surface area contributed by atoms with E-state index in [4.69, 9.17) is 20.7 Å². The molecule has 0 bridgehead atoms. The maximum absolute atomic E-state index is 13.1. The zero-order valence-electron chi connectivity index (χ0n) is 35.2. The van der Waals surface area contributed by atoms with Gasteiger partial charge in [0.1, 0.15) is 6.29 Å². The molecule has 2 amide bonds. The number of nitrogen functional groups attached to an aromatic ring is 1. The summed E-state index contributed by atoms with van der Waals surface area (Å²) in [5.41, 5.74) is 12.2. The summed E-state index contributed by atoms with van der Waals surface area (Å²) in [6, 6.07) is 12.6. The Morgan fingerprint density at radius 1 is 0.982 bits per heavy atom. The molecule has 5 rings (SSSR count). The molecule has 0 spiro atoms. The number of aryl methyl sites for hydroxylation is 3. The summed E-state index contributed by atoms with van der Waals surface area (Å²) < 4.78 is 7.26. The average molecular weight is 789 g/mol. The number of nitrogens with two attached hydrogens (primary N) is 1. The van der Waals surface area contributed by atoms with Crippen LogP contribution in [-0.4, -0.2) is 114 Å². The van der Waals surface area contributed by atoms with Crippen LogP contribution in [0.15, 0.2) is 36.4 Å². The van der Waals surface area contributed by atoms with Gasteiger partial charge in [-0.25, -0.2) is 9.67 Å². The number of anilines is 2. The van der Waals surface area contributed by atoms with Gasteiger partial charge in [0.15, 0.2) is 11.6 Å². The van der Waals surface area contributed by atoms with Crippen molar-refractivity contribution in [3.63, 3.8) is 0 Å². The first-order chi connectivity index (χ1) is 27.7. The summed E-state index contributed by atoms with van der Waals surface area (Å²) in [4.78, 5) is 48.9. The lowest BCUT2D eigenvalue weighted by atomic mass is 9.94. The number of pyridine rings is 1. The minimum atomic E-state index is 0.0380. The Morgan fingerprint density at radius 3 is 2.42 bits per heavy atom. The molecule has 0 radical (unpaired) electrons. The molecule has 13 heteroatoms. The normalized spacial score (nSPS) is 16.2. The number of benzene rings is 1. The van der Waals surface area contributed by atoms with Crippen LogP contribution in [0, 0.1) is 19.8 Å². The second kappa shape index (κ2) is 23.7. The standard InChI is InChI=1S/C43H64N8O4.CH4O/c1-5-6-7-8-9-19-45-41(53)11-10-12-42(54)50-23-21-49(22-24-50)38-27-36(28-39(29-38)51-33(3)26-32(2)47-51)35(18-25-52)31-48-20-17-34(30-48)13-14-37-15-16-40(55-4)43(44)46-37;1-2/h15-16,25-29,34-35H,5-14,17-24,30-31H2,1-4H3,(H2,44,46)(H,45,53);2H,1H3. The van der Waals surface area contributed by atoms with Gasteiger partial charge in [0, 0.05) is 95.2 Å². The summed E-state index contributed by atoms with van der Waals surface area (Å²) >= 11 is 0. The number of methoxy groups -OCH3 is 1. The molecule has 57 heavy (non-hydrogen) atoms. The van der Waals surface area contributed by atoms with Gasteiger partial charge in [-0.3, -0.25) is 9.59 Å². The second-order valence-corrected chi connectivity index (χ2v) is 15.5. The lowest BCUT2D eigenvalue weighted by molar-refractivity contribution is -0.131. The highest BCUT2D eigenvalue weighted by molar-refractivity contribution is 5.79. The van der Waals surface area contributed by atoms with Gasteiger partial charge in [-0.05, 0) is 100 Å². The number of piperazine rings is 1. The Balaban J connectivity index is 0.00000354. The van der Waals surface area contributed by atoms with Crippen molar-refractivity contribution >= 4 is 29.6 Å². The summed E-state index contributed by atoms with van der Waals surface area (Å²) in [5.74, 6) is 1.78. The Kier molecular flexibility index (Phi) is 18.8. The lowest BCUT2D eigenvalue weighted by Gasteiger charge is -2.37. The van der Waals surface area contributed by atoms with Crippen molar-refractivity contribution in [1.82, 2.24) is 29.9 Å². The molecule has 2 unspecified atom stereocenters. The molecule has 2 atom stereocenters. The van der Waals surface area contributed by atoms with Gasteiger partial charge < -0.3 is 40.4 Å². The van der Waals surface area contributed by atoms with Crippen LogP contribution in [0.5, 0.6) is 5.75 Å². The van der Waals surface area contributed by atoms with Crippen LogP contribution in [0.1, 0.15) is 106 Å². The Labute approximate surface area is 340 Å². The monoisotopic (exact) mass is 789 g/mol. The van der Waals surface area contributed by atoms with Crippen LogP contribution in [0.25, 0.3) is 5.69 Å².